The van der Waals surface area contributed by atoms with Crippen LogP contribution in [0.25, 0.3) is 0 Å². The fraction of sp³-hybridized carbons (Fsp3) is 0.259. The van der Waals surface area contributed by atoms with Crippen molar-refractivity contribution in [1.82, 2.24) is 29.7 Å². The van der Waals surface area contributed by atoms with Crippen LogP contribution < -0.4 is 5.11 Å². The summed E-state index contributed by atoms with van der Waals surface area (Å²) in [4.78, 5) is 55.1. The van der Waals surface area contributed by atoms with Gasteiger partial charge in [-0.05, 0) is 61.6 Å². The SMILES string of the molecule is O=[N+]([O-])[O-].O=[N+]([O-])[O-].O=[N+]([O-])[O-].O=[N+]([O-])[O-].[Fe+3].[Fe+3].[O-]C(CN(Cc1ccccn1)Cc1ccccn1)CN(Cc1ccccn1)Cc1ccccn1.[OH-]. The average molecular weight is 830 g/mol. The van der Waals surface area contributed by atoms with Crippen molar-refractivity contribution in [3.8, 4) is 0 Å². The van der Waals surface area contributed by atoms with E-state index in [1.54, 1.807) is 24.8 Å². The zero-order valence-corrected chi connectivity index (χ0v) is 29.2. The first-order valence-electron chi connectivity index (χ1n) is 13.6. The van der Waals surface area contributed by atoms with Crippen LogP contribution in [0.15, 0.2) is 97.6 Å². The van der Waals surface area contributed by atoms with Crippen molar-refractivity contribution in [1.29, 1.82) is 0 Å². The summed E-state index contributed by atoms with van der Waals surface area (Å²) in [5.74, 6) is 0. The van der Waals surface area contributed by atoms with Gasteiger partial charge in [0.1, 0.15) is 0 Å². The smallest absolute Gasteiger partial charge is 0.870 e. The van der Waals surface area contributed by atoms with Crippen molar-refractivity contribution in [2.45, 2.75) is 32.3 Å². The normalized spacial score (nSPS) is 9.13. The van der Waals surface area contributed by atoms with Crippen molar-refractivity contribution in [3.63, 3.8) is 0 Å². The molecule has 1 N–H and O–H groups in total. The first-order valence-corrected chi connectivity index (χ1v) is 13.6. The van der Waals surface area contributed by atoms with E-state index in [2.05, 4.69) is 29.7 Å². The van der Waals surface area contributed by atoms with Gasteiger partial charge in [-0.15, -0.1) is 6.10 Å². The van der Waals surface area contributed by atoms with Crippen molar-refractivity contribution < 1.29 is 65.1 Å². The van der Waals surface area contributed by atoms with Crippen LogP contribution in [0.5, 0.6) is 0 Å². The van der Waals surface area contributed by atoms with Crippen LogP contribution in [0, 0.1) is 61.3 Å². The second kappa shape index (κ2) is 33.4. The number of hydrogen-bond donors (Lipinski definition) is 0. The maximum atomic E-state index is 13.3. The predicted molar refractivity (Wildman–Crippen MR) is 172 cm³/mol. The van der Waals surface area contributed by atoms with E-state index in [0.717, 1.165) is 22.8 Å². The van der Waals surface area contributed by atoms with Crippen LogP contribution in [0.3, 0.4) is 0 Å². The van der Waals surface area contributed by atoms with Crippen LogP contribution in [0.1, 0.15) is 22.8 Å². The molecule has 4 aromatic rings. The molecule has 0 aromatic carbocycles. The third-order valence-corrected chi connectivity index (χ3v) is 5.37. The van der Waals surface area contributed by atoms with Crippen LogP contribution in [0.2, 0.25) is 0 Å². The third-order valence-electron chi connectivity index (χ3n) is 5.37. The van der Waals surface area contributed by atoms with Gasteiger partial charge >= 0.3 is 34.1 Å². The topological polar surface area (TPSA) is 376 Å². The number of aromatic nitrogens is 4. The molecular weight excluding hydrogens is 800 g/mol. The average Bonchev–Trinajstić information content (AvgIpc) is 3.02. The third kappa shape index (κ3) is 35.9. The molecule has 26 heteroatoms. The first kappa shape index (κ1) is 54.1. The Hall–Kier alpha value is -5.72. The quantitative estimate of drug-likeness (QED) is 0.111. The zero-order chi connectivity index (χ0) is 37.7. The minimum absolute atomic E-state index is 0. The summed E-state index contributed by atoms with van der Waals surface area (Å²) in [5, 5.41) is 72.3. The molecular formula is C27H30Fe2N10O14. The van der Waals surface area contributed by atoms with Gasteiger partial charge in [0.05, 0.1) is 43.1 Å². The molecule has 0 spiro atoms. The Balaban J connectivity index is -0.000000537. The Morgan fingerprint density at radius 3 is 0.792 bits per heavy atom. The number of pyridine rings is 4. The maximum absolute atomic E-state index is 13.3. The molecule has 0 saturated carbocycles. The Kier molecular flexibility index (Phi) is 34.1. The fourth-order valence-corrected chi connectivity index (χ4v) is 3.89. The summed E-state index contributed by atoms with van der Waals surface area (Å²) in [7, 11) is 0. The van der Waals surface area contributed by atoms with E-state index in [9.17, 15) is 5.11 Å². The predicted octanol–water partition coefficient (Wildman–Crippen LogP) is 1.56. The molecule has 4 rings (SSSR count). The standard InChI is InChI=1S/C27H29N6O.2Fe.4NO3.H2O/c34-27(21-32(17-23-9-1-5-13-28-23)18-24-10-2-6-14-29-24)22-33(19-25-11-3-7-15-30-25)20-26-12-4-8-16-31-26;;;4*2-1(3)4;/h1-16,27H,17-22H2;;;;;;;1H2/q-1;2*+3;4*-1;/p-1. The van der Waals surface area contributed by atoms with E-state index >= 15 is 0 Å². The molecule has 0 atom stereocenters. The van der Waals surface area contributed by atoms with Gasteiger partial charge in [0.25, 0.3) is 0 Å². The van der Waals surface area contributed by atoms with E-state index < -0.39 is 26.5 Å². The van der Waals surface area contributed by atoms with Gasteiger partial charge in [0, 0.05) is 51.0 Å². The molecule has 0 bridgehead atoms. The molecule has 0 aliphatic rings. The molecule has 0 fully saturated rings. The van der Waals surface area contributed by atoms with Crippen LogP contribution in [-0.2, 0) is 60.3 Å². The molecule has 0 saturated heterocycles. The van der Waals surface area contributed by atoms with Crippen molar-refractivity contribution in [2.75, 3.05) is 13.1 Å². The number of rotatable bonds is 12. The van der Waals surface area contributed by atoms with Gasteiger partial charge in [0.15, 0.2) is 0 Å². The van der Waals surface area contributed by atoms with Crippen molar-refractivity contribution in [2.24, 2.45) is 0 Å². The molecule has 4 heterocycles. The molecule has 0 amide bonds. The minimum atomic E-state index is -1.75. The zero-order valence-electron chi connectivity index (χ0n) is 27.0. The van der Waals surface area contributed by atoms with Crippen LogP contribution in [-0.4, -0.2) is 74.8 Å². The van der Waals surface area contributed by atoms with Crippen LogP contribution in [0.4, 0.5) is 0 Å². The van der Waals surface area contributed by atoms with Crippen molar-refractivity contribution in [3.05, 3.63) is 182 Å². The van der Waals surface area contributed by atoms with Gasteiger partial charge in [0.2, 0.25) is 0 Å². The molecule has 288 valence electrons. The Labute approximate surface area is 321 Å². The summed E-state index contributed by atoms with van der Waals surface area (Å²) in [5.41, 5.74) is 3.74. The van der Waals surface area contributed by atoms with Gasteiger partial charge < -0.3 is 71.9 Å². The van der Waals surface area contributed by atoms with E-state index in [1.165, 1.54) is 0 Å². The Morgan fingerprint density at radius 2 is 0.642 bits per heavy atom. The number of nitrogens with zero attached hydrogens (tertiary/aromatic N) is 10. The molecule has 0 aliphatic heterocycles. The van der Waals surface area contributed by atoms with Gasteiger partial charge in [-0.1, -0.05) is 24.3 Å². The van der Waals surface area contributed by atoms with E-state index in [1.807, 2.05) is 72.8 Å². The Morgan fingerprint density at radius 1 is 0.453 bits per heavy atom. The van der Waals surface area contributed by atoms with E-state index in [0.29, 0.717) is 39.3 Å². The summed E-state index contributed by atoms with van der Waals surface area (Å²) in [6, 6.07) is 23.4. The molecule has 2 radical (unpaired) electrons. The van der Waals surface area contributed by atoms with Gasteiger partial charge in [-0.3, -0.25) is 29.7 Å². The van der Waals surface area contributed by atoms with Gasteiger partial charge in [-0.2, -0.15) is 0 Å². The van der Waals surface area contributed by atoms with Crippen molar-refractivity contribution >= 4 is 0 Å². The maximum Gasteiger partial charge on any atom is 3.00 e. The largest absolute Gasteiger partial charge is 3.00 e. The first-order chi connectivity index (χ1) is 23.7. The molecule has 53 heavy (non-hydrogen) atoms. The molecule has 0 aliphatic carbocycles. The summed E-state index contributed by atoms with van der Waals surface area (Å²) in [6.07, 6.45) is 6.31. The van der Waals surface area contributed by atoms with E-state index in [-0.39, 0.29) is 39.6 Å². The summed E-state index contributed by atoms with van der Waals surface area (Å²) in [6.45, 7) is 3.14. The number of hydrogen-bond acceptors (Lipinski definition) is 20. The molecule has 0 unspecified atom stereocenters. The fourth-order valence-electron chi connectivity index (χ4n) is 3.89. The van der Waals surface area contributed by atoms with E-state index in [4.69, 9.17) is 61.3 Å². The second-order valence-electron chi connectivity index (χ2n) is 9.14. The van der Waals surface area contributed by atoms with Gasteiger partial charge in [-0.25, -0.2) is 0 Å². The summed E-state index contributed by atoms with van der Waals surface area (Å²) >= 11 is 0. The monoisotopic (exact) mass is 830 g/mol. The Bertz CT molecular complexity index is 1280. The summed E-state index contributed by atoms with van der Waals surface area (Å²) < 4.78 is 0. The molecule has 24 nitrogen and oxygen atoms in total. The second-order valence-corrected chi connectivity index (χ2v) is 9.14. The molecule has 4 aromatic heterocycles. The minimum Gasteiger partial charge on any atom is -0.870 e. The van der Waals surface area contributed by atoms with Crippen LogP contribution >= 0.6 is 0 Å².